The summed E-state index contributed by atoms with van der Waals surface area (Å²) in [5, 5.41) is 3.36. The van der Waals surface area contributed by atoms with Gasteiger partial charge in [0.05, 0.1) is 0 Å². The highest BCUT2D eigenvalue weighted by atomic mass is 79.9. The van der Waals surface area contributed by atoms with Gasteiger partial charge in [0.2, 0.25) is 0 Å². The zero-order valence-corrected chi connectivity index (χ0v) is 7.98. The van der Waals surface area contributed by atoms with Gasteiger partial charge in [-0.15, -0.1) is 0 Å². The van der Waals surface area contributed by atoms with Crippen molar-refractivity contribution in [3.8, 4) is 0 Å². The molecule has 1 heterocycles. The van der Waals surface area contributed by atoms with E-state index in [0.29, 0.717) is 5.92 Å². The summed E-state index contributed by atoms with van der Waals surface area (Å²) in [7, 11) is 0. The Balaban J connectivity index is 2.52. The van der Waals surface area contributed by atoms with E-state index in [2.05, 4.69) is 46.4 Å². The summed E-state index contributed by atoms with van der Waals surface area (Å²) in [6, 6.07) is 6.40. The molecule has 1 nitrogen and oxygen atoms in total. The average molecular weight is 212 g/mol. The van der Waals surface area contributed by atoms with Gasteiger partial charge in [-0.1, -0.05) is 22.9 Å². The third-order valence-electron chi connectivity index (χ3n) is 2.14. The van der Waals surface area contributed by atoms with Crippen LogP contribution in [0.3, 0.4) is 0 Å². The van der Waals surface area contributed by atoms with Gasteiger partial charge in [-0.25, -0.2) is 0 Å². The van der Waals surface area contributed by atoms with E-state index in [-0.39, 0.29) is 0 Å². The van der Waals surface area contributed by atoms with Crippen molar-refractivity contribution in [1.29, 1.82) is 0 Å². The monoisotopic (exact) mass is 211 g/mol. The predicted molar refractivity (Wildman–Crippen MR) is 51.0 cm³/mol. The summed E-state index contributed by atoms with van der Waals surface area (Å²) in [6.45, 7) is 3.32. The number of nitrogens with one attached hydrogen (secondary N) is 1. The van der Waals surface area contributed by atoms with E-state index in [1.165, 1.54) is 15.7 Å². The van der Waals surface area contributed by atoms with Crippen LogP contribution in [0.4, 0.5) is 5.69 Å². The maximum Gasteiger partial charge on any atom is 0.0377 e. The van der Waals surface area contributed by atoms with Gasteiger partial charge in [-0.3, -0.25) is 0 Å². The number of hydrogen-bond donors (Lipinski definition) is 1. The third-order valence-corrected chi connectivity index (χ3v) is 2.64. The zero-order valence-electron chi connectivity index (χ0n) is 6.39. The van der Waals surface area contributed by atoms with Gasteiger partial charge in [0, 0.05) is 22.6 Å². The molecule has 1 atom stereocenters. The Morgan fingerprint density at radius 3 is 3.18 bits per heavy atom. The maximum atomic E-state index is 3.46. The van der Waals surface area contributed by atoms with Crippen molar-refractivity contribution in [2.24, 2.45) is 0 Å². The summed E-state index contributed by atoms with van der Waals surface area (Å²) in [5.74, 6) is 0.655. The highest BCUT2D eigenvalue weighted by molar-refractivity contribution is 9.10. The van der Waals surface area contributed by atoms with E-state index in [1.807, 2.05) is 0 Å². The Bertz CT molecular complexity index is 283. The third kappa shape index (κ3) is 1.16. The molecular weight excluding hydrogens is 202 g/mol. The molecule has 0 aliphatic carbocycles. The molecule has 0 saturated carbocycles. The molecule has 0 fully saturated rings. The Labute approximate surface area is 74.9 Å². The summed E-state index contributed by atoms with van der Waals surface area (Å²) in [4.78, 5) is 0. The summed E-state index contributed by atoms with van der Waals surface area (Å²) in [5.41, 5.74) is 2.72. The molecule has 1 aromatic carbocycles. The maximum absolute atomic E-state index is 3.46. The first-order valence-electron chi connectivity index (χ1n) is 3.80. The minimum atomic E-state index is 0.655. The van der Waals surface area contributed by atoms with E-state index >= 15 is 0 Å². The highest BCUT2D eigenvalue weighted by Crippen LogP contribution is 2.32. The van der Waals surface area contributed by atoms with Crippen molar-refractivity contribution in [2.75, 3.05) is 11.9 Å². The average Bonchev–Trinajstić information content (AvgIpc) is 2.33. The molecule has 0 spiro atoms. The minimum absolute atomic E-state index is 0.655. The van der Waals surface area contributed by atoms with E-state index in [1.54, 1.807) is 0 Å². The Hall–Kier alpha value is -0.500. The normalized spacial score (nSPS) is 21.1. The van der Waals surface area contributed by atoms with Gasteiger partial charge in [-0.05, 0) is 23.8 Å². The van der Waals surface area contributed by atoms with Crippen molar-refractivity contribution in [3.05, 3.63) is 28.2 Å². The number of rotatable bonds is 0. The van der Waals surface area contributed by atoms with E-state index in [4.69, 9.17) is 0 Å². The van der Waals surface area contributed by atoms with Gasteiger partial charge in [0.15, 0.2) is 0 Å². The Morgan fingerprint density at radius 1 is 1.55 bits per heavy atom. The molecule has 1 aromatic rings. The first-order valence-corrected chi connectivity index (χ1v) is 4.60. The second-order valence-electron chi connectivity index (χ2n) is 3.01. The first kappa shape index (κ1) is 7.17. The molecule has 1 aliphatic rings. The Kier molecular flexibility index (Phi) is 1.64. The first-order chi connectivity index (χ1) is 5.27. The summed E-state index contributed by atoms with van der Waals surface area (Å²) in [6.07, 6.45) is 0. The van der Waals surface area contributed by atoms with Crippen LogP contribution < -0.4 is 5.32 Å². The second kappa shape index (κ2) is 2.52. The SMILES string of the molecule is C[C@H]1CNc2ccc(Br)cc21. The second-order valence-corrected chi connectivity index (χ2v) is 3.93. The zero-order chi connectivity index (χ0) is 7.84. The minimum Gasteiger partial charge on any atom is -0.384 e. The lowest BCUT2D eigenvalue weighted by atomic mass is 10.0. The molecule has 0 radical (unpaired) electrons. The van der Waals surface area contributed by atoms with Crippen molar-refractivity contribution < 1.29 is 0 Å². The topological polar surface area (TPSA) is 12.0 Å². The van der Waals surface area contributed by atoms with Gasteiger partial charge in [0.1, 0.15) is 0 Å². The fourth-order valence-electron chi connectivity index (χ4n) is 1.48. The van der Waals surface area contributed by atoms with Gasteiger partial charge < -0.3 is 5.32 Å². The molecule has 1 N–H and O–H groups in total. The van der Waals surface area contributed by atoms with Crippen LogP contribution in [0.1, 0.15) is 18.4 Å². The van der Waals surface area contributed by atoms with Crippen LogP contribution in [0.15, 0.2) is 22.7 Å². The van der Waals surface area contributed by atoms with Crippen LogP contribution >= 0.6 is 15.9 Å². The molecule has 0 bridgehead atoms. The van der Waals surface area contributed by atoms with E-state index < -0.39 is 0 Å². The van der Waals surface area contributed by atoms with E-state index in [0.717, 1.165) is 6.54 Å². The van der Waals surface area contributed by atoms with Crippen molar-refractivity contribution in [3.63, 3.8) is 0 Å². The van der Waals surface area contributed by atoms with Gasteiger partial charge in [0.25, 0.3) is 0 Å². The fourth-order valence-corrected chi connectivity index (χ4v) is 1.85. The standard InChI is InChI=1S/C9H10BrN/c1-6-5-11-9-3-2-7(10)4-8(6)9/h2-4,6,11H,5H2,1H3/t6-/m0/s1. The van der Waals surface area contributed by atoms with Crippen LogP contribution in [0, 0.1) is 0 Å². The number of halogens is 1. The smallest absolute Gasteiger partial charge is 0.0377 e. The molecule has 0 saturated heterocycles. The molecule has 58 valence electrons. The lowest BCUT2D eigenvalue weighted by molar-refractivity contribution is 0.853. The number of fused-ring (bicyclic) bond motifs is 1. The van der Waals surface area contributed by atoms with Crippen LogP contribution in [-0.2, 0) is 0 Å². The largest absolute Gasteiger partial charge is 0.384 e. The number of hydrogen-bond acceptors (Lipinski definition) is 1. The van der Waals surface area contributed by atoms with Gasteiger partial charge in [-0.2, -0.15) is 0 Å². The van der Waals surface area contributed by atoms with Crippen LogP contribution in [0.25, 0.3) is 0 Å². The van der Waals surface area contributed by atoms with Gasteiger partial charge >= 0.3 is 0 Å². The fraction of sp³-hybridized carbons (Fsp3) is 0.333. The predicted octanol–water partition coefficient (Wildman–Crippen LogP) is 2.98. The van der Waals surface area contributed by atoms with E-state index in [9.17, 15) is 0 Å². The molecule has 0 unspecified atom stereocenters. The summed E-state index contributed by atoms with van der Waals surface area (Å²) >= 11 is 3.46. The molecule has 0 aromatic heterocycles. The quantitative estimate of drug-likeness (QED) is 0.697. The summed E-state index contributed by atoms with van der Waals surface area (Å²) < 4.78 is 1.17. The van der Waals surface area contributed by atoms with Crippen LogP contribution in [0.5, 0.6) is 0 Å². The molecule has 2 rings (SSSR count). The van der Waals surface area contributed by atoms with Crippen molar-refractivity contribution >= 4 is 21.6 Å². The molecule has 2 heteroatoms. The Morgan fingerprint density at radius 2 is 2.36 bits per heavy atom. The van der Waals surface area contributed by atoms with Crippen LogP contribution in [-0.4, -0.2) is 6.54 Å². The number of benzene rings is 1. The molecule has 11 heavy (non-hydrogen) atoms. The molecular formula is C9H10BrN. The molecule has 1 aliphatic heterocycles. The lowest BCUT2D eigenvalue weighted by Gasteiger charge is -2.01. The highest BCUT2D eigenvalue weighted by Gasteiger charge is 2.16. The number of anilines is 1. The lowest BCUT2D eigenvalue weighted by Crippen LogP contribution is -1.95. The molecule has 0 amide bonds. The van der Waals surface area contributed by atoms with Crippen molar-refractivity contribution in [1.82, 2.24) is 0 Å². The van der Waals surface area contributed by atoms with Crippen molar-refractivity contribution in [2.45, 2.75) is 12.8 Å². The van der Waals surface area contributed by atoms with Crippen LogP contribution in [0.2, 0.25) is 0 Å².